The molecule has 0 aliphatic carbocycles. The molecule has 3 heterocycles. The predicted octanol–water partition coefficient (Wildman–Crippen LogP) is 5.21. The van der Waals surface area contributed by atoms with Gasteiger partial charge in [0.15, 0.2) is 11.6 Å². The van der Waals surface area contributed by atoms with Gasteiger partial charge in [0.2, 0.25) is 5.79 Å². The van der Waals surface area contributed by atoms with Gasteiger partial charge in [0.05, 0.1) is 6.61 Å². The number of allylic oxidation sites excluding steroid dienone is 1. The summed E-state index contributed by atoms with van der Waals surface area (Å²) >= 11 is 0. The smallest absolute Gasteiger partial charge is 0.235 e. The average Bonchev–Trinajstić information content (AvgIpc) is 3.14. The van der Waals surface area contributed by atoms with Crippen LogP contribution >= 0.6 is 0 Å². The summed E-state index contributed by atoms with van der Waals surface area (Å²) in [5, 5.41) is 0. The highest BCUT2D eigenvalue weighted by Crippen LogP contribution is 2.47. The number of hydrogen-bond acceptors (Lipinski definition) is 6. The average molecular weight is 425 g/mol. The van der Waals surface area contributed by atoms with E-state index in [1.54, 1.807) is 6.26 Å². The van der Waals surface area contributed by atoms with Crippen molar-refractivity contribution in [1.29, 1.82) is 0 Å². The number of hydrogen-bond donors (Lipinski definition) is 0. The van der Waals surface area contributed by atoms with Crippen molar-refractivity contribution in [2.24, 2.45) is 0 Å². The van der Waals surface area contributed by atoms with Crippen molar-refractivity contribution >= 4 is 0 Å². The summed E-state index contributed by atoms with van der Waals surface area (Å²) in [5.41, 5.74) is 3.11. The van der Waals surface area contributed by atoms with Crippen LogP contribution < -0.4 is 0 Å². The molecule has 6 heteroatoms. The minimum absolute atomic E-state index is 0.173. The molecule has 0 amide bonds. The van der Waals surface area contributed by atoms with E-state index in [2.05, 4.69) is 12.7 Å². The lowest BCUT2D eigenvalue weighted by Crippen LogP contribution is -2.60. The van der Waals surface area contributed by atoms with E-state index < -0.39 is 23.5 Å². The third kappa shape index (κ3) is 6.09. The summed E-state index contributed by atoms with van der Waals surface area (Å²) in [4.78, 5) is 0. The predicted molar refractivity (Wildman–Crippen MR) is 114 cm³/mol. The van der Waals surface area contributed by atoms with Crippen LogP contribution in [-0.2, 0) is 28.4 Å². The van der Waals surface area contributed by atoms with Crippen LogP contribution in [0.4, 0.5) is 0 Å². The molecule has 4 atom stereocenters. The SMILES string of the molecule is CCCCCCCCCC=C=COC[C@@]12OC[C@H]3OC(C)(C)O[C@H]3[C@@H]1OC(C)(C)O2. The number of unbranched alkanes of at least 4 members (excludes halogenated alkanes) is 7. The summed E-state index contributed by atoms with van der Waals surface area (Å²) in [7, 11) is 0. The van der Waals surface area contributed by atoms with Crippen LogP contribution in [0.25, 0.3) is 0 Å². The van der Waals surface area contributed by atoms with Gasteiger partial charge in [-0.05, 0) is 46.6 Å². The van der Waals surface area contributed by atoms with E-state index in [0.717, 1.165) is 6.42 Å². The molecule has 0 aromatic rings. The van der Waals surface area contributed by atoms with Crippen molar-refractivity contribution in [3.63, 3.8) is 0 Å². The Morgan fingerprint density at radius 3 is 2.43 bits per heavy atom. The van der Waals surface area contributed by atoms with E-state index in [0.29, 0.717) is 6.61 Å². The molecule has 0 spiro atoms. The number of rotatable bonds is 11. The molecule has 3 aliphatic rings. The third-order valence-electron chi connectivity index (χ3n) is 5.78. The second-order valence-corrected chi connectivity index (χ2v) is 9.51. The lowest BCUT2D eigenvalue weighted by atomic mass is 9.97. The first-order valence-corrected chi connectivity index (χ1v) is 11.7. The maximum Gasteiger partial charge on any atom is 0.235 e. The summed E-state index contributed by atoms with van der Waals surface area (Å²) in [6, 6.07) is 0. The largest absolute Gasteiger partial charge is 0.487 e. The van der Waals surface area contributed by atoms with Crippen LogP contribution in [0.1, 0.15) is 86.0 Å². The Balaban J connectivity index is 1.45. The topological polar surface area (TPSA) is 55.4 Å². The van der Waals surface area contributed by atoms with Gasteiger partial charge in [0.1, 0.15) is 31.2 Å². The molecule has 3 rings (SSSR count). The Bertz CT molecular complexity index is 609. The Morgan fingerprint density at radius 2 is 1.67 bits per heavy atom. The van der Waals surface area contributed by atoms with Gasteiger partial charge in [-0.2, -0.15) is 0 Å². The normalized spacial score (nSPS) is 33.4. The molecular weight excluding hydrogens is 384 g/mol. The first kappa shape index (κ1) is 23.8. The standard InChI is InChI=1S/C24H40O6/c1-6-7-8-9-10-11-12-13-14-15-16-25-18-24-21(29-23(4,5)30-24)20-19(17-26-24)27-22(2,3)28-20/h14,16,19-21H,6-13,17-18H2,1-5H3/t15?,19-,20-,21+,24+/m1/s1. The van der Waals surface area contributed by atoms with Crippen LogP contribution in [0, 0.1) is 0 Å². The summed E-state index contributed by atoms with van der Waals surface area (Å²) in [6.07, 6.45) is 13.0. The van der Waals surface area contributed by atoms with Gasteiger partial charge >= 0.3 is 0 Å². The monoisotopic (exact) mass is 424 g/mol. The molecule has 0 unspecified atom stereocenters. The maximum absolute atomic E-state index is 6.15. The molecule has 0 radical (unpaired) electrons. The molecule has 0 aromatic heterocycles. The molecule has 0 aromatic carbocycles. The summed E-state index contributed by atoms with van der Waals surface area (Å²) < 4.78 is 36.2. The molecule has 0 saturated carbocycles. The zero-order chi connectivity index (χ0) is 21.7. The van der Waals surface area contributed by atoms with Crippen LogP contribution in [0.5, 0.6) is 0 Å². The fourth-order valence-corrected chi connectivity index (χ4v) is 4.49. The van der Waals surface area contributed by atoms with Gasteiger partial charge in [0.25, 0.3) is 0 Å². The van der Waals surface area contributed by atoms with E-state index in [1.807, 2.05) is 33.8 Å². The molecule has 3 aliphatic heterocycles. The first-order chi connectivity index (χ1) is 14.3. The minimum atomic E-state index is -1.01. The molecule has 3 saturated heterocycles. The highest BCUT2D eigenvalue weighted by Gasteiger charge is 2.65. The first-order valence-electron chi connectivity index (χ1n) is 11.7. The summed E-state index contributed by atoms with van der Waals surface area (Å²) in [5.74, 6) is -2.45. The third-order valence-corrected chi connectivity index (χ3v) is 5.78. The van der Waals surface area contributed by atoms with Crippen molar-refractivity contribution in [2.45, 2.75) is 122 Å². The maximum atomic E-state index is 6.15. The van der Waals surface area contributed by atoms with E-state index in [4.69, 9.17) is 28.4 Å². The van der Waals surface area contributed by atoms with Gasteiger partial charge < -0.3 is 28.4 Å². The van der Waals surface area contributed by atoms with Crippen molar-refractivity contribution in [3.8, 4) is 0 Å². The Hall–Kier alpha value is -0.880. The van der Waals surface area contributed by atoms with Crippen LogP contribution in [0.2, 0.25) is 0 Å². The zero-order valence-corrected chi connectivity index (χ0v) is 19.4. The Morgan fingerprint density at radius 1 is 0.933 bits per heavy atom. The molecular formula is C24H40O6. The van der Waals surface area contributed by atoms with Crippen LogP contribution in [0.3, 0.4) is 0 Å². The highest BCUT2D eigenvalue weighted by atomic mass is 16.9. The second-order valence-electron chi connectivity index (χ2n) is 9.51. The Labute approximate surface area is 181 Å². The molecule has 172 valence electrons. The van der Waals surface area contributed by atoms with Gasteiger partial charge in [-0.25, -0.2) is 0 Å². The van der Waals surface area contributed by atoms with Gasteiger partial charge in [0, 0.05) is 0 Å². The fraction of sp³-hybridized carbons (Fsp3) is 0.875. The highest BCUT2D eigenvalue weighted by molar-refractivity contribution is 5.03. The van der Waals surface area contributed by atoms with Crippen LogP contribution in [0.15, 0.2) is 18.1 Å². The van der Waals surface area contributed by atoms with Crippen molar-refractivity contribution in [3.05, 3.63) is 18.1 Å². The quantitative estimate of drug-likeness (QED) is 0.258. The molecule has 30 heavy (non-hydrogen) atoms. The molecule has 3 fully saturated rings. The summed E-state index contributed by atoms with van der Waals surface area (Å²) in [6.45, 7) is 10.4. The van der Waals surface area contributed by atoms with Gasteiger partial charge in [-0.3, -0.25) is 0 Å². The molecule has 0 N–H and O–H groups in total. The molecule has 0 bridgehead atoms. The Kier molecular flexibility index (Phi) is 8.05. The van der Waals surface area contributed by atoms with Crippen molar-refractivity contribution in [1.82, 2.24) is 0 Å². The van der Waals surface area contributed by atoms with Gasteiger partial charge in [-0.1, -0.05) is 51.2 Å². The zero-order valence-electron chi connectivity index (χ0n) is 19.4. The fourth-order valence-electron chi connectivity index (χ4n) is 4.49. The van der Waals surface area contributed by atoms with Gasteiger partial charge in [-0.15, -0.1) is 0 Å². The van der Waals surface area contributed by atoms with Crippen molar-refractivity contribution in [2.75, 3.05) is 13.2 Å². The lowest BCUT2D eigenvalue weighted by Gasteiger charge is -2.39. The second kappa shape index (κ2) is 10.2. The van der Waals surface area contributed by atoms with E-state index >= 15 is 0 Å². The lowest BCUT2D eigenvalue weighted by molar-refractivity contribution is -0.294. The van der Waals surface area contributed by atoms with Crippen LogP contribution in [-0.4, -0.2) is 48.9 Å². The molecule has 6 nitrogen and oxygen atoms in total. The number of fused-ring (bicyclic) bond motifs is 3. The minimum Gasteiger partial charge on any atom is -0.487 e. The number of ether oxygens (including phenoxy) is 6. The van der Waals surface area contributed by atoms with E-state index in [1.165, 1.54) is 44.9 Å². The van der Waals surface area contributed by atoms with E-state index in [-0.39, 0.29) is 18.8 Å². The van der Waals surface area contributed by atoms with E-state index in [9.17, 15) is 0 Å². The van der Waals surface area contributed by atoms with Crippen molar-refractivity contribution < 1.29 is 28.4 Å².